The number of carbonyl (C=O) groups is 1. The normalized spacial score (nSPS) is 14.2. The van der Waals surface area contributed by atoms with Crippen molar-refractivity contribution in [3.63, 3.8) is 0 Å². The molecule has 1 aromatic heterocycles. The van der Waals surface area contributed by atoms with E-state index in [0.717, 1.165) is 24.7 Å². The van der Waals surface area contributed by atoms with Gasteiger partial charge in [-0.1, -0.05) is 35.0 Å². The number of nitrogens with zero attached hydrogens (tertiary/aromatic N) is 1. The molecule has 7 heteroatoms. The average Bonchev–Trinajstić information content (AvgIpc) is 3.39. The number of hydrogen-bond acceptors (Lipinski definition) is 5. The molecule has 5 nitrogen and oxygen atoms in total. The third-order valence-corrected chi connectivity index (χ3v) is 6.36. The van der Waals surface area contributed by atoms with Crippen LogP contribution in [0.15, 0.2) is 58.1 Å². The van der Waals surface area contributed by atoms with Gasteiger partial charge in [0.1, 0.15) is 0 Å². The van der Waals surface area contributed by atoms with Crippen LogP contribution < -0.4 is 0 Å². The topological polar surface area (TPSA) is 77.2 Å². The minimum atomic E-state index is -3.41. The van der Waals surface area contributed by atoms with Gasteiger partial charge in [-0.2, -0.15) is 0 Å². The molecular formula is C21H18ClNO4S. The Hall–Kier alpha value is -2.44. The van der Waals surface area contributed by atoms with Gasteiger partial charge in [0.2, 0.25) is 0 Å². The Kier molecular flexibility index (Phi) is 4.85. The van der Waals surface area contributed by atoms with E-state index in [1.54, 1.807) is 18.2 Å². The van der Waals surface area contributed by atoms with E-state index >= 15 is 0 Å². The summed E-state index contributed by atoms with van der Waals surface area (Å²) >= 11 is 6.28. The molecule has 0 radical (unpaired) electrons. The average molecular weight is 416 g/mol. The van der Waals surface area contributed by atoms with Crippen LogP contribution in [-0.4, -0.2) is 25.6 Å². The largest absolute Gasteiger partial charge is 0.360 e. The van der Waals surface area contributed by atoms with Crippen molar-refractivity contribution in [1.29, 1.82) is 0 Å². The van der Waals surface area contributed by atoms with Gasteiger partial charge in [0, 0.05) is 22.8 Å². The van der Waals surface area contributed by atoms with Gasteiger partial charge >= 0.3 is 0 Å². The fourth-order valence-corrected chi connectivity index (χ4v) is 4.09. The molecule has 0 amide bonds. The standard InChI is InChI=1S/C21H18ClNO4S/c1-28(25,26)16-8-9-17(15(11-16)10-14-4-2-3-5-19(14)22)20(24)18-12-23-27-21(18)13-6-7-13/h2-5,8-9,11-13H,6-7,10H2,1H3. The Balaban J connectivity index is 1.80. The van der Waals surface area contributed by atoms with Gasteiger partial charge < -0.3 is 4.52 Å². The molecule has 1 aliphatic carbocycles. The molecular weight excluding hydrogens is 398 g/mol. The molecule has 1 heterocycles. The van der Waals surface area contributed by atoms with Crippen molar-refractivity contribution in [3.05, 3.63) is 81.7 Å². The van der Waals surface area contributed by atoms with Gasteiger partial charge in [0.05, 0.1) is 16.7 Å². The van der Waals surface area contributed by atoms with Crippen molar-refractivity contribution in [1.82, 2.24) is 5.16 Å². The zero-order valence-electron chi connectivity index (χ0n) is 15.2. The van der Waals surface area contributed by atoms with E-state index in [1.165, 1.54) is 12.3 Å². The first-order valence-electron chi connectivity index (χ1n) is 8.90. The number of carbonyl (C=O) groups excluding carboxylic acids is 1. The summed E-state index contributed by atoms with van der Waals surface area (Å²) in [5.74, 6) is 0.634. The van der Waals surface area contributed by atoms with E-state index in [-0.39, 0.29) is 16.6 Å². The fraction of sp³-hybridized carbons (Fsp3) is 0.238. The molecule has 0 saturated heterocycles. The number of benzene rings is 2. The molecule has 0 atom stereocenters. The zero-order chi connectivity index (χ0) is 19.9. The first-order valence-corrected chi connectivity index (χ1v) is 11.2. The maximum Gasteiger partial charge on any atom is 0.198 e. The molecule has 0 bridgehead atoms. The van der Waals surface area contributed by atoms with Gasteiger partial charge in [-0.15, -0.1) is 0 Å². The molecule has 0 N–H and O–H groups in total. The van der Waals surface area contributed by atoms with Gasteiger partial charge in [0.25, 0.3) is 0 Å². The van der Waals surface area contributed by atoms with Crippen LogP contribution in [0.25, 0.3) is 0 Å². The summed E-state index contributed by atoms with van der Waals surface area (Å²) in [6, 6.07) is 11.9. The van der Waals surface area contributed by atoms with Crippen LogP contribution >= 0.6 is 11.6 Å². The first kappa shape index (κ1) is 18.9. The van der Waals surface area contributed by atoms with Gasteiger partial charge in [0.15, 0.2) is 21.4 Å². The highest BCUT2D eigenvalue weighted by Gasteiger charge is 2.33. The first-order chi connectivity index (χ1) is 13.3. The lowest BCUT2D eigenvalue weighted by molar-refractivity contribution is 0.103. The van der Waals surface area contributed by atoms with Crippen LogP contribution in [0.5, 0.6) is 0 Å². The van der Waals surface area contributed by atoms with Crippen molar-refractivity contribution in [3.8, 4) is 0 Å². The molecule has 1 saturated carbocycles. The Labute approximate surface area is 168 Å². The molecule has 1 fully saturated rings. The molecule has 144 valence electrons. The van der Waals surface area contributed by atoms with Gasteiger partial charge in [-0.05, 0) is 54.7 Å². The summed E-state index contributed by atoms with van der Waals surface area (Å²) in [6.45, 7) is 0. The Morgan fingerprint density at radius 3 is 2.57 bits per heavy atom. The van der Waals surface area contributed by atoms with Gasteiger partial charge in [-0.25, -0.2) is 8.42 Å². The quantitative estimate of drug-likeness (QED) is 0.556. The molecule has 1 aliphatic rings. The maximum atomic E-state index is 13.2. The predicted octanol–water partition coefficient (Wildman–Crippen LogP) is 4.43. The summed E-state index contributed by atoms with van der Waals surface area (Å²) in [5, 5.41) is 4.37. The summed E-state index contributed by atoms with van der Waals surface area (Å²) in [5.41, 5.74) is 2.29. The van der Waals surface area contributed by atoms with Crippen molar-refractivity contribution < 1.29 is 17.7 Å². The third-order valence-electron chi connectivity index (χ3n) is 4.88. The van der Waals surface area contributed by atoms with E-state index < -0.39 is 9.84 Å². The summed E-state index contributed by atoms with van der Waals surface area (Å²) < 4.78 is 29.4. The molecule has 0 spiro atoms. The maximum absolute atomic E-state index is 13.2. The van der Waals surface area contributed by atoms with E-state index in [4.69, 9.17) is 16.1 Å². The molecule has 4 rings (SSSR count). The highest BCUT2D eigenvalue weighted by Crippen LogP contribution is 2.42. The Morgan fingerprint density at radius 1 is 1.14 bits per heavy atom. The van der Waals surface area contributed by atoms with Crippen LogP contribution in [0, 0.1) is 0 Å². The number of ketones is 1. The number of rotatable bonds is 6. The number of aromatic nitrogens is 1. The molecule has 28 heavy (non-hydrogen) atoms. The monoisotopic (exact) mass is 415 g/mol. The second-order valence-corrected chi connectivity index (χ2v) is 9.49. The molecule has 3 aromatic rings. The Morgan fingerprint density at radius 2 is 1.89 bits per heavy atom. The van der Waals surface area contributed by atoms with Crippen molar-refractivity contribution >= 4 is 27.2 Å². The van der Waals surface area contributed by atoms with Crippen LogP contribution in [0.2, 0.25) is 5.02 Å². The highest BCUT2D eigenvalue weighted by atomic mass is 35.5. The van der Waals surface area contributed by atoms with Crippen LogP contribution in [0.3, 0.4) is 0 Å². The second-order valence-electron chi connectivity index (χ2n) is 7.07. The van der Waals surface area contributed by atoms with Crippen LogP contribution in [-0.2, 0) is 16.3 Å². The smallest absolute Gasteiger partial charge is 0.198 e. The fourth-order valence-electron chi connectivity index (χ4n) is 3.22. The van der Waals surface area contributed by atoms with Crippen molar-refractivity contribution in [2.24, 2.45) is 0 Å². The summed E-state index contributed by atoms with van der Waals surface area (Å²) in [4.78, 5) is 13.4. The second kappa shape index (κ2) is 7.18. The minimum Gasteiger partial charge on any atom is -0.360 e. The molecule has 2 aromatic carbocycles. The van der Waals surface area contributed by atoms with Crippen molar-refractivity contribution in [2.45, 2.75) is 30.1 Å². The van der Waals surface area contributed by atoms with Crippen LogP contribution in [0.4, 0.5) is 0 Å². The van der Waals surface area contributed by atoms with Crippen molar-refractivity contribution in [2.75, 3.05) is 6.26 Å². The number of hydrogen-bond donors (Lipinski definition) is 0. The summed E-state index contributed by atoms with van der Waals surface area (Å²) in [7, 11) is -3.41. The Bertz CT molecular complexity index is 1160. The lowest BCUT2D eigenvalue weighted by Crippen LogP contribution is -2.09. The van der Waals surface area contributed by atoms with E-state index in [0.29, 0.717) is 33.9 Å². The molecule has 0 aliphatic heterocycles. The van der Waals surface area contributed by atoms with E-state index in [2.05, 4.69) is 5.16 Å². The predicted molar refractivity (Wildman–Crippen MR) is 106 cm³/mol. The highest BCUT2D eigenvalue weighted by molar-refractivity contribution is 7.90. The summed E-state index contributed by atoms with van der Waals surface area (Å²) in [6.07, 6.45) is 4.89. The SMILES string of the molecule is CS(=O)(=O)c1ccc(C(=O)c2cnoc2C2CC2)c(Cc2ccccc2Cl)c1. The zero-order valence-corrected chi connectivity index (χ0v) is 16.8. The van der Waals surface area contributed by atoms with Crippen LogP contribution in [0.1, 0.15) is 51.6 Å². The lowest BCUT2D eigenvalue weighted by Gasteiger charge is -2.12. The van der Waals surface area contributed by atoms with Gasteiger partial charge in [-0.3, -0.25) is 4.79 Å². The lowest BCUT2D eigenvalue weighted by atomic mass is 9.94. The third kappa shape index (κ3) is 3.75. The molecule has 0 unspecified atom stereocenters. The minimum absolute atomic E-state index is 0.166. The number of sulfone groups is 1. The van der Waals surface area contributed by atoms with E-state index in [9.17, 15) is 13.2 Å². The number of halogens is 1. The van der Waals surface area contributed by atoms with E-state index in [1.807, 2.05) is 18.2 Å².